The molecule has 0 aliphatic heterocycles. The van der Waals surface area contributed by atoms with Gasteiger partial charge >= 0.3 is 5.69 Å². The van der Waals surface area contributed by atoms with Crippen molar-refractivity contribution in [3.8, 4) is 17.2 Å². The van der Waals surface area contributed by atoms with Crippen LogP contribution in [0.2, 0.25) is 4.34 Å². The van der Waals surface area contributed by atoms with Gasteiger partial charge in [0, 0.05) is 4.88 Å². The van der Waals surface area contributed by atoms with Crippen molar-refractivity contribution in [2.45, 2.75) is 26.4 Å². The van der Waals surface area contributed by atoms with Crippen LogP contribution in [0.3, 0.4) is 0 Å². The van der Waals surface area contributed by atoms with E-state index in [2.05, 4.69) is 6.07 Å². The highest BCUT2D eigenvalue weighted by molar-refractivity contribution is 7.18. The molecule has 184 valence electrons. The highest BCUT2D eigenvalue weighted by atomic mass is 35.5. The van der Waals surface area contributed by atoms with Gasteiger partial charge in [-0.05, 0) is 47.4 Å². The lowest BCUT2D eigenvalue weighted by Crippen LogP contribution is -2.41. The van der Waals surface area contributed by atoms with Gasteiger partial charge in [0.05, 0.1) is 39.3 Å². The Morgan fingerprint density at radius 1 is 1.00 bits per heavy atom. The number of carbonyl (C=O) groups excluding carboxylic acids is 1. The number of benzene rings is 2. The Labute approximate surface area is 225 Å². The Balaban J connectivity index is 1.56. The second kappa shape index (κ2) is 10.3. The van der Waals surface area contributed by atoms with Crippen LogP contribution in [-0.4, -0.2) is 14.9 Å². The molecule has 0 aliphatic rings. The second-order valence-corrected chi connectivity index (χ2v) is 11.3. The summed E-state index contributed by atoms with van der Waals surface area (Å²) >= 11 is 8.50. The number of fused-ring (bicyclic) bond motifs is 1. The van der Waals surface area contributed by atoms with Crippen molar-refractivity contribution in [2.24, 2.45) is 0 Å². The molecule has 6 nitrogen and oxygen atoms in total. The van der Waals surface area contributed by atoms with E-state index in [1.54, 1.807) is 22.8 Å². The first kappa shape index (κ1) is 24.9. The number of nitriles is 1. The minimum absolute atomic E-state index is 0.235. The number of ketones is 1. The first-order valence-electron chi connectivity index (χ1n) is 11.5. The fraction of sp³-hybridized carbons (Fsp3) is 0.143. The number of aryl methyl sites for hydroxylation is 1. The van der Waals surface area contributed by atoms with E-state index >= 15 is 0 Å². The van der Waals surface area contributed by atoms with E-state index in [1.165, 1.54) is 11.3 Å². The average Bonchev–Trinajstić information content (AvgIpc) is 3.56. The van der Waals surface area contributed by atoms with Crippen molar-refractivity contribution < 1.29 is 4.79 Å². The molecule has 0 N–H and O–H groups in total. The molecule has 0 saturated carbocycles. The number of thiophene rings is 2. The molecule has 0 atom stereocenters. The van der Waals surface area contributed by atoms with Gasteiger partial charge in [-0.2, -0.15) is 5.26 Å². The number of hydrogen-bond donors (Lipinski definition) is 0. The predicted octanol–water partition coefficient (Wildman–Crippen LogP) is 5.97. The summed E-state index contributed by atoms with van der Waals surface area (Å²) in [4.78, 5) is 41.7. The largest absolute Gasteiger partial charge is 0.332 e. The van der Waals surface area contributed by atoms with Gasteiger partial charge in [0.15, 0.2) is 5.78 Å². The molecule has 0 radical (unpaired) electrons. The van der Waals surface area contributed by atoms with Crippen LogP contribution in [0, 0.1) is 11.3 Å². The van der Waals surface area contributed by atoms with Gasteiger partial charge in [-0.3, -0.25) is 18.7 Å². The van der Waals surface area contributed by atoms with Crippen LogP contribution < -0.4 is 11.2 Å². The first-order chi connectivity index (χ1) is 17.9. The zero-order valence-corrected chi connectivity index (χ0v) is 22.1. The van der Waals surface area contributed by atoms with Crippen LogP contribution in [0.25, 0.3) is 21.3 Å². The lowest BCUT2D eigenvalue weighted by atomic mass is 9.99. The third-order valence-electron chi connectivity index (χ3n) is 6.10. The number of hydrogen-bond acceptors (Lipinski definition) is 6. The highest BCUT2D eigenvalue weighted by Crippen LogP contribution is 2.26. The summed E-state index contributed by atoms with van der Waals surface area (Å²) in [5.41, 5.74) is 2.18. The van der Waals surface area contributed by atoms with Crippen LogP contribution in [0.4, 0.5) is 0 Å². The Hall–Kier alpha value is -3.77. The Morgan fingerprint density at radius 2 is 1.76 bits per heavy atom. The summed E-state index contributed by atoms with van der Waals surface area (Å²) in [5, 5.41) is 9.85. The maximum absolute atomic E-state index is 13.6. The molecule has 2 aromatic carbocycles. The second-order valence-electron chi connectivity index (χ2n) is 8.43. The smallest absolute Gasteiger partial charge is 0.291 e. The molecular weight excluding hydrogens is 526 g/mol. The summed E-state index contributed by atoms with van der Waals surface area (Å²) in [5.74, 6) is -0.339. The zero-order valence-electron chi connectivity index (χ0n) is 19.7. The fourth-order valence-corrected chi connectivity index (χ4v) is 6.24. The minimum atomic E-state index is -0.531. The zero-order chi connectivity index (χ0) is 26.1. The number of aromatic nitrogens is 2. The number of carbonyl (C=O) groups is 1. The number of halogens is 1. The van der Waals surface area contributed by atoms with E-state index in [-0.39, 0.29) is 18.9 Å². The average molecular weight is 546 g/mol. The molecule has 0 aliphatic carbocycles. The standard InChI is InChI=1S/C28H20ClN3O3S2/c1-2-20-13-22-26(34)31(16-23(33)24-11-12-25(29)37-24)28(35)32(27(22)36-20)15-17-7-9-18(10-8-17)21-6-4-3-5-19(21)14-30/h3-13H,2,15-16H2,1H3. The maximum atomic E-state index is 13.6. The third kappa shape index (κ3) is 4.81. The van der Waals surface area contributed by atoms with Crippen LogP contribution in [-0.2, 0) is 19.5 Å². The molecule has 9 heteroatoms. The van der Waals surface area contributed by atoms with Crippen LogP contribution in [0.15, 0.2) is 76.3 Å². The van der Waals surface area contributed by atoms with E-state index in [0.29, 0.717) is 25.0 Å². The number of Topliss-reactive ketones (excluding diaryl/α,β-unsaturated/α-hetero) is 1. The summed E-state index contributed by atoms with van der Waals surface area (Å²) in [6.45, 7) is 1.87. The topological polar surface area (TPSA) is 84.9 Å². The van der Waals surface area contributed by atoms with Gasteiger partial charge in [0.2, 0.25) is 0 Å². The summed E-state index contributed by atoms with van der Waals surface area (Å²) in [6, 6.07) is 22.3. The first-order valence-corrected chi connectivity index (χ1v) is 13.5. The van der Waals surface area contributed by atoms with Crippen LogP contribution in [0.5, 0.6) is 0 Å². The summed E-state index contributed by atoms with van der Waals surface area (Å²) in [7, 11) is 0. The van der Waals surface area contributed by atoms with E-state index in [4.69, 9.17) is 11.6 Å². The molecule has 5 aromatic rings. The molecule has 0 amide bonds. The van der Waals surface area contributed by atoms with E-state index < -0.39 is 11.2 Å². The van der Waals surface area contributed by atoms with Gasteiger partial charge in [-0.15, -0.1) is 22.7 Å². The molecular formula is C28H20ClN3O3S2. The van der Waals surface area contributed by atoms with Gasteiger partial charge in [0.25, 0.3) is 5.56 Å². The molecule has 0 bridgehead atoms. The van der Waals surface area contributed by atoms with Crippen molar-refractivity contribution in [1.82, 2.24) is 9.13 Å². The third-order valence-corrected chi connectivity index (χ3v) is 8.67. The maximum Gasteiger partial charge on any atom is 0.332 e. The van der Waals surface area contributed by atoms with Crippen LogP contribution in [0.1, 0.15) is 32.6 Å². The Bertz CT molecular complexity index is 1800. The molecule has 3 heterocycles. The normalized spacial score (nSPS) is 11.1. The van der Waals surface area contributed by atoms with E-state index in [1.807, 2.05) is 55.5 Å². The van der Waals surface area contributed by atoms with Crippen molar-refractivity contribution in [2.75, 3.05) is 0 Å². The van der Waals surface area contributed by atoms with E-state index in [9.17, 15) is 19.6 Å². The van der Waals surface area contributed by atoms with E-state index in [0.717, 1.165) is 43.9 Å². The molecule has 0 saturated heterocycles. The number of nitrogens with zero attached hydrogens (tertiary/aromatic N) is 3. The van der Waals surface area contributed by atoms with Crippen molar-refractivity contribution in [1.29, 1.82) is 5.26 Å². The molecule has 0 fully saturated rings. The van der Waals surface area contributed by atoms with Crippen molar-refractivity contribution in [3.05, 3.63) is 113 Å². The summed E-state index contributed by atoms with van der Waals surface area (Å²) in [6.07, 6.45) is 0.729. The van der Waals surface area contributed by atoms with Crippen LogP contribution >= 0.6 is 34.3 Å². The van der Waals surface area contributed by atoms with Gasteiger partial charge in [-0.25, -0.2) is 4.79 Å². The predicted molar refractivity (Wildman–Crippen MR) is 149 cm³/mol. The molecule has 0 spiro atoms. The minimum Gasteiger partial charge on any atom is -0.291 e. The lowest BCUT2D eigenvalue weighted by Gasteiger charge is -2.12. The monoisotopic (exact) mass is 545 g/mol. The Kier molecular flexibility index (Phi) is 6.94. The molecule has 0 unspecified atom stereocenters. The highest BCUT2D eigenvalue weighted by Gasteiger charge is 2.19. The molecule has 37 heavy (non-hydrogen) atoms. The van der Waals surface area contributed by atoms with Gasteiger partial charge in [0.1, 0.15) is 4.83 Å². The SMILES string of the molecule is CCc1cc2c(=O)n(CC(=O)c3ccc(Cl)s3)c(=O)n(Cc3ccc(-c4ccccc4C#N)cc3)c2s1. The van der Waals surface area contributed by atoms with Gasteiger partial charge < -0.3 is 0 Å². The fourth-order valence-electron chi connectivity index (χ4n) is 4.19. The quantitative estimate of drug-likeness (QED) is 0.236. The van der Waals surface area contributed by atoms with Crippen molar-refractivity contribution >= 4 is 50.3 Å². The van der Waals surface area contributed by atoms with Crippen molar-refractivity contribution in [3.63, 3.8) is 0 Å². The number of rotatable bonds is 7. The summed E-state index contributed by atoms with van der Waals surface area (Å²) < 4.78 is 3.05. The lowest BCUT2D eigenvalue weighted by molar-refractivity contribution is 0.0973. The molecule has 5 rings (SSSR count). The Morgan fingerprint density at radius 3 is 2.43 bits per heavy atom. The van der Waals surface area contributed by atoms with Gasteiger partial charge in [-0.1, -0.05) is 61.0 Å². The molecule has 3 aromatic heterocycles.